The Kier molecular flexibility index (Phi) is 33.8. The monoisotopic (exact) mass is 699 g/mol. The van der Waals surface area contributed by atoms with Crippen molar-refractivity contribution in [2.75, 3.05) is 33.4 Å². The number of carbonyl (C=O) groups is 2. The van der Waals surface area contributed by atoms with E-state index in [4.69, 9.17) is 18.5 Å². The minimum absolute atomic E-state index is 0.0214. The van der Waals surface area contributed by atoms with Crippen molar-refractivity contribution in [1.82, 2.24) is 5.32 Å². The fourth-order valence-electron chi connectivity index (χ4n) is 4.80. The summed E-state index contributed by atoms with van der Waals surface area (Å²) in [5.41, 5.74) is 0. The van der Waals surface area contributed by atoms with Gasteiger partial charge in [-0.15, -0.1) is 0 Å². The topological polar surface area (TPSA) is 120 Å². The first-order valence-electron chi connectivity index (χ1n) is 18.9. The molecule has 0 aromatic carbocycles. The molecule has 0 radical (unpaired) electrons. The quantitative estimate of drug-likeness (QED) is 0.0288. The Morgan fingerprint density at radius 1 is 0.646 bits per heavy atom. The summed E-state index contributed by atoms with van der Waals surface area (Å²) in [6, 6.07) is 0. The van der Waals surface area contributed by atoms with Crippen LogP contribution in [0.3, 0.4) is 0 Å². The Morgan fingerprint density at radius 2 is 1.15 bits per heavy atom. The number of likely N-dealkylation sites (N-methyl/N-ethyl adjacent to an activating group) is 1. The predicted molar refractivity (Wildman–Crippen MR) is 197 cm³/mol. The molecule has 0 aromatic rings. The van der Waals surface area contributed by atoms with Crippen LogP contribution in [0.5, 0.6) is 0 Å². The van der Waals surface area contributed by atoms with E-state index in [2.05, 4.69) is 55.6 Å². The first-order valence-corrected chi connectivity index (χ1v) is 20.4. The minimum atomic E-state index is -4.34. The van der Waals surface area contributed by atoms with Gasteiger partial charge >= 0.3 is 19.8 Å². The van der Waals surface area contributed by atoms with Gasteiger partial charge in [0.1, 0.15) is 6.61 Å². The van der Waals surface area contributed by atoms with E-state index in [1.807, 2.05) is 0 Å². The number of phosphoric acid groups is 1. The van der Waals surface area contributed by atoms with Crippen molar-refractivity contribution in [3.63, 3.8) is 0 Å². The molecule has 9 nitrogen and oxygen atoms in total. The van der Waals surface area contributed by atoms with Crippen LogP contribution in [0, 0.1) is 0 Å². The zero-order valence-electron chi connectivity index (χ0n) is 30.7. The van der Waals surface area contributed by atoms with Crippen LogP contribution < -0.4 is 5.32 Å². The fraction of sp³-hybridized carbons (Fsp3) is 0.789. The van der Waals surface area contributed by atoms with E-state index in [-0.39, 0.29) is 32.0 Å². The van der Waals surface area contributed by atoms with E-state index in [1.54, 1.807) is 7.05 Å². The molecule has 0 fully saturated rings. The van der Waals surface area contributed by atoms with E-state index < -0.39 is 26.5 Å². The number of hydrogen-bond acceptors (Lipinski definition) is 8. The smallest absolute Gasteiger partial charge is 0.462 e. The number of nitrogens with one attached hydrogen (secondary N) is 1. The molecule has 0 aliphatic rings. The van der Waals surface area contributed by atoms with Gasteiger partial charge in [0, 0.05) is 19.4 Å². The van der Waals surface area contributed by atoms with Crippen molar-refractivity contribution >= 4 is 19.8 Å². The maximum atomic E-state index is 12.5. The second kappa shape index (κ2) is 35.1. The third kappa shape index (κ3) is 34.1. The highest BCUT2D eigenvalue weighted by Gasteiger charge is 2.26. The molecule has 2 N–H and O–H groups in total. The summed E-state index contributed by atoms with van der Waals surface area (Å²) in [4.78, 5) is 34.8. The lowest BCUT2D eigenvalue weighted by Crippen LogP contribution is -2.29. The number of hydrogen-bond donors (Lipinski definition) is 2. The van der Waals surface area contributed by atoms with Gasteiger partial charge in [-0.1, -0.05) is 115 Å². The molecule has 2 unspecified atom stereocenters. The number of unbranched alkanes of at least 4 members (excludes halogenated alkanes) is 15. The highest BCUT2D eigenvalue weighted by molar-refractivity contribution is 7.47. The molecule has 0 bridgehead atoms. The minimum Gasteiger partial charge on any atom is -0.462 e. The van der Waals surface area contributed by atoms with E-state index in [0.29, 0.717) is 13.0 Å². The van der Waals surface area contributed by atoms with Gasteiger partial charge in [0.15, 0.2) is 6.10 Å². The maximum absolute atomic E-state index is 12.5. The van der Waals surface area contributed by atoms with Crippen LogP contribution in [-0.4, -0.2) is 56.3 Å². The van der Waals surface area contributed by atoms with E-state index in [9.17, 15) is 19.0 Å². The molecule has 0 amide bonds. The summed E-state index contributed by atoms with van der Waals surface area (Å²) in [7, 11) is -2.65. The normalized spacial score (nSPS) is 13.8. The Labute approximate surface area is 293 Å². The second-order valence-corrected chi connectivity index (χ2v) is 13.9. The third-order valence-corrected chi connectivity index (χ3v) is 8.72. The molecule has 0 heterocycles. The van der Waals surface area contributed by atoms with Crippen molar-refractivity contribution in [3.05, 3.63) is 36.5 Å². The molecule has 0 spiro atoms. The van der Waals surface area contributed by atoms with Crippen molar-refractivity contribution in [1.29, 1.82) is 0 Å². The largest absolute Gasteiger partial charge is 0.472 e. The third-order valence-electron chi connectivity index (χ3n) is 7.73. The Hall–Kier alpha value is -1.77. The van der Waals surface area contributed by atoms with Crippen molar-refractivity contribution in [2.24, 2.45) is 0 Å². The summed E-state index contributed by atoms with van der Waals surface area (Å²) in [5.74, 6) is -0.838. The molecule has 0 aliphatic carbocycles. The van der Waals surface area contributed by atoms with Crippen LogP contribution in [-0.2, 0) is 32.7 Å². The molecular formula is C38H70NO8P. The molecule has 2 atom stereocenters. The SMILES string of the molecule is CCCC/C=C\CCCCCCCC(=O)OC(COC(=O)CCCCCCC/C=C\C/C=C\CCCCC)COP(=O)(O)OCCNC. The maximum Gasteiger partial charge on any atom is 0.472 e. The van der Waals surface area contributed by atoms with E-state index >= 15 is 0 Å². The van der Waals surface area contributed by atoms with Gasteiger partial charge < -0.3 is 19.7 Å². The number of ether oxygens (including phenoxy) is 2. The second-order valence-electron chi connectivity index (χ2n) is 12.4. The van der Waals surface area contributed by atoms with Gasteiger partial charge in [-0.2, -0.15) is 0 Å². The summed E-state index contributed by atoms with van der Waals surface area (Å²) in [6.07, 6.45) is 34.7. The van der Waals surface area contributed by atoms with Gasteiger partial charge in [-0.3, -0.25) is 18.6 Å². The summed E-state index contributed by atoms with van der Waals surface area (Å²) in [6.45, 7) is 4.11. The highest BCUT2D eigenvalue weighted by Crippen LogP contribution is 2.43. The van der Waals surface area contributed by atoms with Gasteiger partial charge in [-0.25, -0.2) is 4.57 Å². The molecular weight excluding hydrogens is 629 g/mol. The number of carbonyl (C=O) groups excluding carboxylic acids is 2. The molecule has 0 rings (SSSR count). The molecule has 48 heavy (non-hydrogen) atoms. The highest BCUT2D eigenvalue weighted by atomic mass is 31.2. The van der Waals surface area contributed by atoms with Crippen LogP contribution in [0.15, 0.2) is 36.5 Å². The molecule has 0 aromatic heterocycles. The average Bonchev–Trinajstić information content (AvgIpc) is 3.06. The zero-order valence-corrected chi connectivity index (χ0v) is 31.6. The van der Waals surface area contributed by atoms with Crippen LogP contribution in [0.25, 0.3) is 0 Å². The summed E-state index contributed by atoms with van der Waals surface area (Å²) < 4.78 is 33.0. The summed E-state index contributed by atoms with van der Waals surface area (Å²) >= 11 is 0. The van der Waals surface area contributed by atoms with Gasteiger partial charge in [0.25, 0.3) is 0 Å². The van der Waals surface area contributed by atoms with Crippen LogP contribution in [0.2, 0.25) is 0 Å². The molecule has 0 saturated carbocycles. The van der Waals surface area contributed by atoms with Crippen LogP contribution >= 0.6 is 7.82 Å². The standard InChI is InChI=1S/C38H70NO8P/c1-4-6-8-10-12-14-16-17-18-19-21-22-24-26-28-30-37(40)44-34-36(35-46-48(42,43)45-33-32-39-3)47-38(41)31-29-27-25-23-20-15-13-11-9-7-5-2/h11-14,17-18,36,39H,4-10,15-16,19-35H2,1-3H3,(H,42,43)/b13-11-,14-12-,18-17-. The molecule has 0 saturated heterocycles. The van der Waals surface area contributed by atoms with Crippen molar-refractivity contribution in [3.8, 4) is 0 Å². The van der Waals surface area contributed by atoms with Gasteiger partial charge in [0.2, 0.25) is 0 Å². The predicted octanol–water partition coefficient (Wildman–Crippen LogP) is 10.1. The number of esters is 2. The Bertz CT molecular complexity index is 892. The zero-order chi connectivity index (χ0) is 35.4. The Balaban J connectivity index is 4.32. The van der Waals surface area contributed by atoms with Gasteiger partial charge in [-0.05, 0) is 71.3 Å². The van der Waals surface area contributed by atoms with Crippen molar-refractivity contribution in [2.45, 2.75) is 161 Å². The first-order chi connectivity index (χ1) is 23.3. The number of phosphoric ester groups is 1. The summed E-state index contributed by atoms with van der Waals surface area (Å²) in [5, 5.41) is 2.81. The lowest BCUT2D eigenvalue weighted by atomic mass is 10.1. The number of allylic oxidation sites excluding steroid dienone is 6. The number of rotatable bonds is 35. The Morgan fingerprint density at radius 3 is 1.73 bits per heavy atom. The van der Waals surface area contributed by atoms with E-state index in [0.717, 1.165) is 83.5 Å². The van der Waals surface area contributed by atoms with Gasteiger partial charge in [0.05, 0.1) is 13.2 Å². The average molecular weight is 700 g/mol. The first kappa shape index (κ1) is 46.2. The van der Waals surface area contributed by atoms with Crippen LogP contribution in [0.1, 0.15) is 155 Å². The van der Waals surface area contributed by atoms with Crippen molar-refractivity contribution < 1.29 is 37.6 Å². The lowest BCUT2D eigenvalue weighted by molar-refractivity contribution is -0.161. The molecule has 10 heteroatoms. The molecule has 280 valence electrons. The van der Waals surface area contributed by atoms with E-state index in [1.165, 1.54) is 38.5 Å². The van der Waals surface area contributed by atoms with Crippen LogP contribution in [0.4, 0.5) is 0 Å². The lowest BCUT2D eigenvalue weighted by Gasteiger charge is -2.20. The molecule has 0 aliphatic heterocycles. The fourth-order valence-corrected chi connectivity index (χ4v) is 5.55.